The summed E-state index contributed by atoms with van der Waals surface area (Å²) >= 11 is 3.58. The van der Waals surface area contributed by atoms with E-state index in [1.54, 1.807) is 7.11 Å². The number of nitrogens with zero attached hydrogens (tertiary/aromatic N) is 2. The third-order valence-corrected chi connectivity index (χ3v) is 4.11. The Labute approximate surface area is 109 Å². The molecule has 3 rings (SSSR count). The van der Waals surface area contributed by atoms with Gasteiger partial charge in [-0.05, 0) is 40.9 Å². The van der Waals surface area contributed by atoms with Crippen LogP contribution in [0.15, 0.2) is 22.9 Å². The Kier molecular flexibility index (Phi) is 2.82. The van der Waals surface area contributed by atoms with Gasteiger partial charge in [0, 0.05) is 6.04 Å². The molecule has 1 aromatic carbocycles. The number of methoxy groups -OCH3 is 1. The van der Waals surface area contributed by atoms with Crippen LogP contribution in [0.1, 0.15) is 31.7 Å². The minimum Gasteiger partial charge on any atom is -0.494 e. The highest BCUT2D eigenvalue weighted by atomic mass is 79.9. The normalized spacial score (nSPS) is 16.8. The molecule has 0 amide bonds. The second kappa shape index (κ2) is 4.33. The molecule has 4 heteroatoms. The molecule has 17 heavy (non-hydrogen) atoms. The monoisotopic (exact) mass is 294 g/mol. The van der Waals surface area contributed by atoms with E-state index in [0.29, 0.717) is 6.04 Å². The summed E-state index contributed by atoms with van der Waals surface area (Å²) in [6.07, 6.45) is 5.14. The van der Waals surface area contributed by atoms with E-state index in [1.807, 2.05) is 12.1 Å². The minimum absolute atomic E-state index is 0.585. The van der Waals surface area contributed by atoms with Gasteiger partial charge in [-0.1, -0.05) is 18.9 Å². The van der Waals surface area contributed by atoms with E-state index in [4.69, 9.17) is 4.74 Å². The largest absolute Gasteiger partial charge is 0.494 e. The minimum atomic E-state index is 0.585. The summed E-state index contributed by atoms with van der Waals surface area (Å²) in [4.78, 5) is 4.58. The summed E-state index contributed by atoms with van der Waals surface area (Å²) in [7, 11) is 1.69. The van der Waals surface area contributed by atoms with Gasteiger partial charge in [0.05, 0.1) is 12.6 Å². The van der Waals surface area contributed by atoms with Crippen molar-refractivity contribution in [3.05, 3.63) is 22.9 Å². The Morgan fingerprint density at radius 1 is 1.35 bits per heavy atom. The van der Waals surface area contributed by atoms with Gasteiger partial charge in [-0.25, -0.2) is 4.98 Å². The van der Waals surface area contributed by atoms with E-state index in [9.17, 15) is 0 Å². The fourth-order valence-electron chi connectivity index (χ4n) is 2.74. The van der Waals surface area contributed by atoms with E-state index in [1.165, 1.54) is 31.2 Å². The quantitative estimate of drug-likeness (QED) is 0.839. The maximum atomic E-state index is 5.36. The Hall–Kier alpha value is -1.03. The molecule has 0 spiro atoms. The van der Waals surface area contributed by atoms with E-state index < -0.39 is 0 Å². The molecular weight excluding hydrogens is 280 g/mol. The van der Waals surface area contributed by atoms with Crippen molar-refractivity contribution < 1.29 is 4.74 Å². The van der Waals surface area contributed by atoms with Gasteiger partial charge in [0.25, 0.3) is 0 Å². The molecule has 1 fully saturated rings. The van der Waals surface area contributed by atoms with Crippen LogP contribution >= 0.6 is 15.9 Å². The number of fused-ring (bicyclic) bond motifs is 1. The maximum Gasteiger partial charge on any atom is 0.178 e. The van der Waals surface area contributed by atoms with Crippen molar-refractivity contribution in [2.45, 2.75) is 31.7 Å². The standard InChI is InChI=1S/C13H15BrN2O/c1-17-11-8-4-7-10-12(11)15-13(14)16(10)9-5-2-3-6-9/h4,7-9H,2-3,5-6H2,1H3. The number of hydrogen-bond donors (Lipinski definition) is 0. The van der Waals surface area contributed by atoms with Crippen LogP contribution in [-0.4, -0.2) is 16.7 Å². The van der Waals surface area contributed by atoms with Gasteiger partial charge in [-0.2, -0.15) is 0 Å². The van der Waals surface area contributed by atoms with Gasteiger partial charge in [0.2, 0.25) is 0 Å². The highest BCUT2D eigenvalue weighted by Crippen LogP contribution is 2.37. The highest BCUT2D eigenvalue weighted by Gasteiger charge is 2.22. The second-order valence-corrected chi connectivity index (χ2v) is 5.23. The van der Waals surface area contributed by atoms with Gasteiger partial charge >= 0.3 is 0 Å². The predicted molar refractivity (Wildman–Crippen MR) is 71.5 cm³/mol. The van der Waals surface area contributed by atoms with Crippen molar-refractivity contribution >= 4 is 27.0 Å². The zero-order chi connectivity index (χ0) is 11.8. The van der Waals surface area contributed by atoms with Crippen LogP contribution < -0.4 is 4.74 Å². The lowest BCUT2D eigenvalue weighted by Gasteiger charge is -2.13. The third-order valence-electron chi connectivity index (χ3n) is 3.55. The summed E-state index contributed by atoms with van der Waals surface area (Å²) in [6, 6.07) is 6.69. The lowest BCUT2D eigenvalue weighted by atomic mass is 10.2. The van der Waals surface area contributed by atoms with Crippen LogP contribution in [0.5, 0.6) is 5.75 Å². The summed E-state index contributed by atoms with van der Waals surface area (Å²) in [5.41, 5.74) is 2.12. The number of aromatic nitrogens is 2. The first kappa shape index (κ1) is 11.1. The van der Waals surface area contributed by atoms with Crippen molar-refractivity contribution in [3.8, 4) is 5.75 Å². The second-order valence-electron chi connectivity index (χ2n) is 4.52. The SMILES string of the molecule is COc1cccc2c1nc(Br)n2C1CCCC1. The summed E-state index contributed by atoms with van der Waals surface area (Å²) < 4.78 is 8.59. The van der Waals surface area contributed by atoms with Crippen LogP contribution in [0.4, 0.5) is 0 Å². The first-order valence-electron chi connectivity index (χ1n) is 6.01. The van der Waals surface area contributed by atoms with Crippen molar-refractivity contribution in [3.63, 3.8) is 0 Å². The Morgan fingerprint density at radius 2 is 2.12 bits per heavy atom. The summed E-state index contributed by atoms with van der Waals surface area (Å²) in [5.74, 6) is 0.847. The molecule has 0 atom stereocenters. The molecule has 90 valence electrons. The zero-order valence-corrected chi connectivity index (χ0v) is 11.4. The number of halogens is 1. The van der Waals surface area contributed by atoms with Crippen LogP contribution in [0, 0.1) is 0 Å². The first-order chi connectivity index (χ1) is 8.31. The van der Waals surface area contributed by atoms with E-state index in [2.05, 4.69) is 31.5 Å². The van der Waals surface area contributed by atoms with Crippen LogP contribution in [0.3, 0.4) is 0 Å². The van der Waals surface area contributed by atoms with Crippen molar-refractivity contribution in [1.29, 1.82) is 0 Å². The molecule has 3 nitrogen and oxygen atoms in total. The topological polar surface area (TPSA) is 27.1 Å². The molecule has 2 aromatic rings. The fourth-order valence-corrected chi connectivity index (χ4v) is 3.40. The number of hydrogen-bond acceptors (Lipinski definition) is 2. The lowest BCUT2D eigenvalue weighted by molar-refractivity contribution is 0.419. The number of rotatable bonds is 2. The molecule has 0 radical (unpaired) electrons. The Morgan fingerprint density at radius 3 is 2.82 bits per heavy atom. The van der Waals surface area contributed by atoms with E-state index >= 15 is 0 Å². The Bertz CT molecular complexity index is 544. The third kappa shape index (κ3) is 1.75. The van der Waals surface area contributed by atoms with Gasteiger partial charge < -0.3 is 9.30 Å². The molecular formula is C13H15BrN2O. The van der Waals surface area contributed by atoms with Gasteiger partial charge in [-0.3, -0.25) is 0 Å². The number of para-hydroxylation sites is 1. The number of ether oxygens (including phenoxy) is 1. The Balaban J connectivity index is 2.20. The molecule has 0 N–H and O–H groups in total. The number of benzene rings is 1. The van der Waals surface area contributed by atoms with Crippen LogP contribution in [0.25, 0.3) is 11.0 Å². The van der Waals surface area contributed by atoms with E-state index in [0.717, 1.165) is 16.0 Å². The average Bonchev–Trinajstić information content (AvgIpc) is 2.93. The summed E-state index contributed by atoms with van der Waals surface area (Å²) in [6.45, 7) is 0. The molecule has 0 aliphatic heterocycles. The van der Waals surface area contributed by atoms with Crippen molar-refractivity contribution in [1.82, 2.24) is 9.55 Å². The smallest absolute Gasteiger partial charge is 0.178 e. The average molecular weight is 295 g/mol. The molecule has 1 saturated carbocycles. The van der Waals surface area contributed by atoms with Gasteiger partial charge in [0.15, 0.2) is 4.73 Å². The molecule has 1 heterocycles. The molecule has 0 unspecified atom stereocenters. The highest BCUT2D eigenvalue weighted by molar-refractivity contribution is 9.10. The molecule has 0 bridgehead atoms. The number of imidazole rings is 1. The molecule has 1 aliphatic rings. The van der Waals surface area contributed by atoms with Crippen molar-refractivity contribution in [2.24, 2.45) is 0 Å². The fraction of sp³-hybridized carbons (Fsp3) is 0.462. The predicted octanol–water partition coefficient (Wildman–Crippen LogP) is 3.92. The maximum absolute atomic E-state index is 5.36. The lowest BCUT2D eigenvalue weighted by Crippen LogP contribution is -2.04. The van der Waals surface area contributed by atoms with Crippen LogP contribution in [0.2, 0.25) is 0 Å². The van der Waals surface area contributed by atoms with E-state index in [-0.39, 0.29) is 0 Å². The van der Waals surface area contributed by atoms with Gasteiger partial charge in [0.1, 0.15) is 11.3 Å². The van der Waals surface area contributed by atoms with Crippen LogP contribution in [-0.2, 0) is 0 Å². The van der Waals surface area contributed by atoms with Crippen molar-refractivity contribution in [2.75, 3.05) is 7.11 Å². The first-order valence-corrected chi connectivity index (χ1v) is 6.81. The molecule has 1 aromatic heterocycles. The molecule has 1 aliphatic carbocycles. The molecule has 0 saturated heterocycles. The zero-order valence-electron chi connectivity index (χ0n) is 9.82. The summed E-state index contributed by atoms with van der Waals surface area (Å²) in [5, 5.41) is 0. The van der Waals surface area contributed by atoms with Gasteiger partial charge in [-0.15, -0.1) is 0 Å².